The van der Waals surface area contributed by atoms with Crippen LogP contribution in [0, 0.1) is 12.8 Å². The molecule has 4 nitrogen and oxygen atoms in total. The van der Waals surface area contributed by atoms with Gasteiger partial charge in [0.1, 0.15) is 5.75 Å². The molecule has 1 aromatic carbocycles. The molecule has 2 rings (SSSR count). The number of hydrogen-bond donors (Lipinski definition) is 0. The van der Waals surface area contributed by atoms with Crippen LogP contribution in [-0.4, -0.2) is 16.0 Å². The lowest BCUT2D eigenvalue weighted by Gasteiger charge is -2.04. The third-order valence-corrected chi connectivity index (χ3v) is 4.14. The van der Waals surface area contributed by atoms with Gasteiger partial charge in [0.2, 0.25) is 0 Å². The Kier molecular flexibility index (Phi) is 5.47. The molecule has 0 fully saturated rings. The maximum Gasteiger partial charge on any atom is 0.276 e. The number of benzene rings is 1. The summed E-state index contributed by atoms with van der Waals surface area (Å²) in [7, 11) is 0. The highest BCUT2D eigenvalue weighted by Crippen LogP contribution is 2.21. The van der Waals surface area contributed by atoms with E-state index in [1.165, 1.54) is 0 Å². The molecule has 0 aliphatic carbocycles. The minimum absolute atomic E-state index is 0.306. The zero-order chi connectivity index (χ0) is 14.4. The average Bonchev–Trinajstić information content (AvgIpc) is 2.90. The Morgan fingerprint density at radius 3 is 2.95 bits per heavy atom. The lowest BCUT2D eigenvalue weighted by molar-refractivity contribution is 0.252. The summed E-state index contributed by atoms with van der Waals surface area (Å²) in [6.07, 6.45) is 1.16. The molecule has 1 aromatic heterocycles. The van der Waals surface area contributed by atoms with E-state index in [2.05, 4.69) is 24.0 Å². The van der Waals surface area contributed by atoms with Crippen LogP contribution in [0.5, 0.6) is 5.75 Å². The van der Waals surface area contributed by atoms with Crippen molar-refractivity contribution in [3.8, 4) is 5.75 Å². The van der Waals surface area contributed by atoms with Crippen molar-refractivity contribution >= 4 is 11.8 Å². The summed E-state index contributed by atoms with van der Waals surface area (Å²) in [4.78, 5) is 0. The predicted octanol–water partition coefficient (Wildman–Crippen LogP) is 4.10. The van der Waals surface area contributed by atoms with Crippen LogP contribution < -0.4 is 4.74 Å². The van der Waals surface area contributed by atoms with E-state index in [-0.39, 0.29) is 0 Å². The number of aryl methyl sites for hydroxylation is 1. The standard InChI is InChI=1S/C15H20N2O2S/c1-4-11(2)10-20-15-17-16-14(19-15)9-18-13-7-5-6-12(3)8-13/h5-8,11H,4,9-10H2,1-3H3/t11-/m0/s1. The lowest BCUT2D eigenvalue weighted by Crippen LogP contribution is -1.95. The van der Waals surface area contributed by atoms with Crippen LogP contribution in [0.3, 0.4) is 0 Å². The maximum atomic E-state index is 5.63. The fourth-order valence-electron chi connectivity index (χ4n) is 1.54. The molecule has 1 heterocycles. The van der Waals surface area contributed by atoms with Gasteiger partial charge in [0.25, 0.3) is 11.1 Å². The van der Waals surface area contributed by atoms with E-state index in [4.69, 9.17) is 9.15 Å². The SMILES string of the molecule is CC[C@H](C)CSc1nnc(COc2cccc(C)c2)o1. The minimum atomic E-state index is 0.306. The normalized spacial score (nSPS) is 12.3. The van der Waals surface area contributed by atoms with Gasteiger partial charge < -0.3 is 9.15 Å². The molecule has 0 radical (unpaired) electrons. The minimum Gasteiger partial charge on any atom is -0.484 e. The van der Waals surface area contributed by atoms with E-state index in [0.29, 0.717) is 23.6 Å². The average molecular weight is 292 g/mol. The van der Waals surface area contributed by atoms with Crippen LogP contribution in [0.2, 0.25) is 0 Å². The third-order valence-electron chi connectivity index (χ3n) is 2.99. The zero-order valence-electron chi connectivity index (χ0n) is 12.1. The van der Waals surface area contributed by atoms with Gasteiger partial charge in [-0.3, -0.25) is 0 Å². The van der Waals surface area contributed by atoms with Crippen molar-refractivity contribution in [1.82, 2.24) is 10.2 Å². The second-order valence-corrected chi connectivity index (χ2v) is 5.86. The van der Waals surface area contributed by atoms with Gasteiger partial charge in [0.05, 0.1) is 0 Å². The van der Waals surface area contributed by atoms with Crippen molar-refractivity contribution in [1.29, 1.82) is 0 Å². The summed E-state index contributed by atoms with van der Waals surface area (Å²) in [6, 6.07) is 7.89. The Balaban J connectivity index is 1.83. The predicted molar refractivity (Wildman–Crippen MR) is 80.0 cm³/mol. The quantitative estimate of drug-likeness (QED) is 0.719. The lowest BCUT2D eigenvalue weighted by atomic mass is 10.2. The number of ether oxygens (including phenoxy) is 1. The summed E-state index contributed by atoms with van der Waals surface area (Å²) in [5.74, 6) is 2.98. The van der Waals surface area contributed by atoms with Crippen molar-refractivity contribution in [3.05, 3.63) is 35.7 Å². The van der Waals surface area contributed by atoms with Gasteiger partial charge >= 0.3 is 0 Å². The molecule has 20 heavy (non-hydrogen) atoms. The summed E-state index contributed by atoms with van der Waals surface area (Å²) >= 11 is 1.60. The van der Waals surface area contributed by atoms with Crippen molar-refractivity contribution in [3.63, 3.8) is 0 Å². The Morgan fingerprint density at radius 2 is 2.20 bits per heavy atom. The molecule has 0 bridgehead atoms. The molecule has 0 saturated carbocycles. The first-order chi connectivity index (χ1) is 9.67. The molecule has 0 unspecified atom stereocenters. The highest BCUT2D eigenvalue weighted by atomic mass is 32.2. The Bertz CT molecular complexity index is 542. The smallest absolute Gasteiger partial charge is 0.276 e. The molecule has 0 spiro atoms. The molecule has 0 amide bonds. The van der Waals surface area contributed by atoms with Gasteiger partial charge in [-0.2, -0.15) is 0 Å². The molecule has 0 aliphatic rings. The largest absolute Gasteiger partial charge is 0.484 e. The van der Waals surface area contributed by atoms with Gasteiger partial charge in [0, 0.05) is 5.75 Å². The third kappa shape index (κ3) is 4.56. The molecule has 0 saturated heterocycles. The number of thioether (sulfide) groups is 1. The fraction of sp³-hybridized carbons (Fsp3) is 0.467. The second kappa shape index (κ2) is 7.33. The first-order valence-electron chi connectivity index (χ1n) is 6.82. The number of rotatable bonds is 7. The summed E-state index contributed by atoms with van der Waals surface area (Å²) in [5, 5.41) is 8.63. The molecule has 0 aliphatic heterocycles. The number of nitrogens with zero attached hydrogens (tertiary/aromatic N) is 2. The topological polar surface area (TPSA) is 48.2 Å². The highest BCUT2D eigenvalue weighted by Gasteiger charge is 2.09. The second-order valence-electron chi connectivity index (χ2n) is 4.89. The van der Waals surface area contributed by atoms with Crippen LogP contribution in [-0.2, 0) is 6.61 Å². The molecule has 108 valence electrons. The molecule has 5 heteroatoms. The number of hydrogen-bond acceptors (Lipinski definition) is 5. The van der Waals surface area contributed by atoms with Crippen LogP contribution in [0.15, 0.2) is 33.9 Å². The van der Waals surface area contributed by atoms with Crippen LogP contribution in [0.25, 0.3) is 0 Å². The fourth-order valence-corrected chi connectivity index (χ4v) is 2.45. The van der Waals surface area contributed by atoms with Crippen molar-refractivity contribution < 1.29 is 9.15 Å². The van der Waals surface area contributed by atoms with Crippen LogP contribution >= 0.6 is 11.8 Å². The van der Waals surface area contributed by atoms with Crippen molar-refractivity contribution in [2.45, 2.75) is 39.0 Å². The summed E-state index contributed by atoms with van der Waals surface area (Å²) in [5.41, 5.74) is 1.16. The Hall–Kier alpha value is -1.49. The van der Waals surface area contributed by atoms with E-state index < -0.39 is 0 Å². The Morgan fingerprint density at radius 1 is 1.35 bits per heavy atom. The van der Waals surface area contributed by atoms with E-state index in [1.807, 2.05) is 31.2 Å². The van der Waals surface area contributed by atoms with Gasteiger partial charge in [-0.05, 0) is 30.5 Å². The van der Waals surface area contributed by atoms with E-state index in [9.17, 15) is 0 Å². The molecule has 2 aromatic rings. The zero-order valence-corrected chi connectivity index (χ0v) is 12.9. The monoisotopic (exact) mass is 292 g/mol. The van der Waals surface area contributed by atoms with Crippen LogP contribution in [0.1, 0.15) is 31.7 Å². The first kappa shape index (κ1) is 14.9. The Labute approximate surface area is 123 Å². The van der Waals surface area contributed by atoms with Gasteiger partial charge in [0.15, 0.2) is 6.61 Å². The summed E-state index contributed by atoms with van der Waals surface area (Å²) in [6.45, 7) is 6.73. The van der Waals surface area contributed by atoms with Crippen molar-refractivity contribution in [2.24, 2.45) is 5.92 Å². The van der Waals surface area contributed by atoms with Crippen molar-refractivity contribution in [2.75, 3.05) is 5.75 Å². The molecule has 0 N–H and O–H groups in total. The number of aromatic nitrogens is 2. The van der Waals surface area contributed by atoms with E-state index >= 15 is 0 Å². The maximum absolute atomic E-state index is 5.63. The van der Waals surface area contributed by atoms with Crippen LogP contribution in [0.4, 0.5) is 0 Å². The van der Waals surface area contributed by atoms with E-state index in [1.54, 1.807) is 11.8 Å². The van der Waals surface area contributed by atoms with Gasteiger partial charge in [-0.15, -0.1) is 10.2 Å². The molecule has 1 atom stereocenters. The molecular formula is C15H20N2O2S. The first-order valence-corrected chi connectivity index (χ1v) is 7.80. The molecular weight excluding hydrogens is 272 g/mol. The van der Waals surface area contributed by atoms with E-state index in [0.717, 1.165) is 23.5 Å². The van der Waals surface area contributed by atoms with Gasteiger partial charge in [-0.25, -0.2) is 0 Å². The van der Waals surface area contributed by atoms with Gasteiger partial charge in [-0.1, -0.05) is 44.2 Å². The summed E-state index contributed by atoms with van der Waals surface area (Å²) < 4.78 is 11.2. The highest BCUT2D eigenvalue weighted by molar-refractivity contribution is 7.99.